The van der Waals surface area contributed by atoms with E-state index >= 15 is 0 Å². The molecule has 0 saturated heterocycles. The number of rotatable bonds is 4. The van der Waals surface area contributed by atoms with Gasteiger partial charge < -0.3 is 5.32 Å². The van der Waals surface area contributed by atoms with Gasteiger partial charge in [-0.2, -0.15) is 0 Å². The number of nitrogens with one attached hydrogen (secondary N) is 1. The number of benzene rings is 1. The summed E-state index contributed by atoms with van der Waals surface area (Å²) in [4.78, 5) is 0. The second kappa shape index (κ2) is 5.90. The lowest BCUT2D eigenvalue weighted by Crippen LogP contribution is -2.17. The summed E-state index contributed by atoms with van der Waals surface area (Å²) in [6.07, 6.45) is 1.18. The highest BCUT2D eigenvalue weighted by Crippen LogP contribution is 2.27. The Hall–Kier alpha value is -0.0200. The van der Waals surface area contributed by atoms with Crippen LogP contribution in [0.3, 0.4) is 0 Å². The topological polar surface area (TPSA) is 12.0 Å². The predicted octanol–water partition coefficient (Wildman–Crippen LogP) is 5.06. The first-order valence-corrected chi connectivity index (χ1v) is 6.79. The lowest BCUT2D eigenvalue weighted by Gasteiger charge is -2.18. The van der Waals surface area contributed by atoms with Gasteiger partial charge in [0.05, 0.1) is 0 Å². The number of anilines is 1. The van der Waals surface area contributed by atoms with Gasteiger partial charge in [0.2, 0.25) is 0 Å². The van der Waals surface area contributed by atoms with Crippen LogP contribution >= 0.6 is 31.9 Å². The highest BCUT2D eigenvalue weighted by molar-refractivity contribution is 9.11. The summed E-state index contributed by atoms with van der Waals surface area (Å²) in [6, 6.07) is 6.70. The monoisotopic (exact) mass is 333 g/mol. The van der Waals surface area contributed by atoms with E-state index in [4.69, 9.17) is 0 Å². The minimum Gasteiger partial charge on any atom is -0.382 e. The lowest BCUT2D eigenvalue weighted by molar-refractivity contribution is 0.539. The smallest absolute Gasteiger partial charge is 0.0487 e. The van der Waals surface area contributed by atoms with Crippen molar-refractivity contribution in [2.45, 2.75) is 33.2 Å². The molecule has 1 N–H and O–H groups in total. The maximum atomic E-state index is 3.55. The van der Waals surface area contributed by atoms with Crippen LogP contribution < -0.4 is 5.32 Å². The maximum absolute atomic E-state index is 3.55. The molecule has 3 heteroatoms. The number of hydrogen-bond acceptors (Lipinski definition) is 1. The second-order valence-electron chi connectivity index (χ2n) is 4.30. The molecule has 0 saturated carbocycles. The summed E-state index contributed by atoms with van der Waals surface area (Å²) < 4.78 is 2.20. The molecule has 1 unspecified atom stereocenters. The van der Waals surface area contributed by atoms with E-state index in [0.29, 0.717) is 6.04 Å². The Bertz CT molecular complexity index is 323. The molecular formula is C12H17Br2N. The van der Waals surface area contributed by atoms with Crippen molar-refractivity contribution in [1.29, 1.82) is 0 Å². The van der Waals surface area contributed by atoms with Crippen molar-refractivity contribution < 1.29 is 0 Å². The first kappa shape index (κ1) is 13.0. The predicted molar refractivity (Wildman–Crippen MR) is 74.4 cm³/mol. The van der Waals surface area contributed by atoms with Gasteiger partial charge in [-0.25, -0.2) is 0 Å². The van der Waals surface area contributed by atoms with Crippen LogP contribution in [0, 0.1) is 5.92 Å². The van der Waals surface area contributed by atoms with E-state index in [1.54, 1.807) is 0 Å². The molecule has 0 bridgehead atoms. The lowest BCUT2D eigenvalue weighted by atomic mass is 10.1. The van der Waals surface area contributed by atoms with Gasteiger partial charge in [-0.05, 0) is 53.4 Å². The van der Waals surface area contributed by atoms with Crippen molar-refractivity contribution in [3.63, 3.8) is 0 Å². The van der Waals surface area contributed by atoms with Crippen LogP contribution in [0.15, 0.2) is 27.1 Å². The summed E-state index contributed by atoms with van der Waals surface area (Å²) in [5.41, 5.74) is 1.16. The summed E-state index contributed by atoms with van der Waals surface area (Å²) >= 11 is 6.99. The molecule has 0 aliphatic rings. The van der Waals surface area contributed by atoms with E-state index in [1.165, 1.54) is 6.42 Å². The Kier molecular flexibility index (Phi) is 5.13. The van der Waals surface area contributed by atoms with Crippen LogP contribution in [0.2, 0.25) is 0 Å². The molecule has 0 heterocycles. The van der Waals surface area contributed by atoms with Crippen LogP contribution in [0.5, 0.6) is 0 Å². The third-order valence-electron chi connectivity index (χ3n) is 2.16. The third-order valence-corrected chi connectivity index (χ3v) is 3.31. The van der Waals surface area contributed by atoms with Crippen LogP contribution in [0.4, 0.5) is 5.69 Å². The van der Waals surface area contributed by atoms with E-state index in [2.05, 4.69) is 76.1 Å². The third kappa shape index (κ3) is 4.56. The maximum Gasteiger partial charge on any atom is 0.0487 e. The van der Waals surface area contributed by atoms with E-state index in [1.807, 2.05) is 0 Å². The summed E-state index contributed by atoms with van der Waals surface area (Å²) in [5, 5.41) is 3.50. The van der Waals surface area contributed by atoms with Gasteiger partial charge in [0.15, 0.2) is 0 Å². The van der Waals surface area contributed by atoms with Crippen LogP contribution in [0.1, 0.15) is 27.2 Å². The van der Waals surface area contributed by atoms with Crippen molar-refractivity contribution in [1.82, 2.24) is 0 Å². The van der Waals surface area contributed by atoms with E-state index < -0.39 is 0 Å². The molecule has 0 spiro atoms. The number of halogens is 2. The molecule has 1 atom stereocenters. The molecule has 0 amide bonds. The number of hydrogen-bond donors (Lipinski definition) is 1. The molecule has 1 aromatic rings. The van der Waals surface area contributed by atoms with Crippen molar-refractivity contribution in [3.8, 4) is 0 Å². The molecule has 1 rings (SSSR count). The fourth-order valence-electron chi connectivity index (χ4n) is 1.64. The quantitative estimate of drug-likeness (QED) is 0.811. The van der Waals surface area contributed by atoms with E-state index in [9.17, 15) is 0 Å². The minimum absolute atomic E-state index is 0.502. The van der Waals surface area contributed by atoms with Crippen LogP contribution in [-0.2, 0) is 0 Å². The van der Waals surface area contributed by atoms with Gasteiger partial charge in [0.1, 0.15) is 0 Å². The highest BCUT2D eigenvalue weighted by atomic mass is 79.9. The van der Waals surface area contributed by atoms with Gasteiger partial charge in [-0.3, -0.25) is 0 Å². The summed E-state index contributed by atoms with van der Waals surface area (Å²) in [5.74, 6) is 0.724. The SMILES string of the molecule is CC(C)CC(C)Nc1ccc(Br)cc1Br. The molecule has 0 aliphatic carbocycles. The Labute approximate surface area is 109 Å². The average molecular weight is 335 g/mol. The molecule has 84 valence electrons. The van der Waals surface area contributed by atoms with Crippen LogP contribution in [0.25, 0.3) is 0 Å². The zero-order chi connectivity index (χ0) is 11.4. The molecule has 1 nitrogen and oxygen atoms in total. The highest BCUT2D eigenvalue weighted by Gasteiger charge is 2.07. The first-order chi connectivity index (χ1) is 6.99. The largest absolute Gasteiger partial charge is 0.382 e. The zero-order valence-electron chi connectivity index (χ0n) is 9.35. The molecule has 1 aromatic carbocycles. The summed E-state index contributed by atoms with van der Waals surface area (Å²) in [6.45, 7) is 6.71. The van der Waals surface area contributed by atoms with Gasteiger partial charge in [-0.1, -0.05) is 29.8 Å². The Morgan fingerprint density at radius 1 is 1.20 bits per heavy atom. The van der Waals surface area contributed by atoms with Gasteiger partial charge in [0.25, 0.3) is 0 Å². The van der Waals surface area contributed by atoms with Gasteiger partial charge in [0, 0.05) is 20.7 Å². The molecule has 0 aromatic heterocycles. The first-order valence-electron chi connectivity index (χ1n) is 5.20. The van der Waals surface area contributed by atoms with Gasteiger partial charge >= 0.3 is 0 Å². The Morgan fingerprint density at radius 3 is 2.40 bits per heavy atom. The molecule has 0 radical (unpaired) electrons. The molecular weight excluding hydrogens is 318 g/mol. The van der Waals surface area contributed by atoms with Crippen molar-refractivity contribution in [3.05, 3.63) is 27.1 Å². The zero-order valence-corrected chi connectivity index (χ0v) is 12.5. The van der Waals surface area contributed by atoms with E-state index in [0.717, 1.165) is 20.6 Å². The summed E-state index contributed by atoms with van der Waals surface area (Å²) in [7, 11) is 0. The van der Waals surface area contributed by atoms with Crippen molar-refractivity contribution in [2.75, 3.05) is 5.32 Å². The van der Waals surface area contributed by atoms with Crippen molar-refractivity contribution >= 4 is 37.5 Å². The molecule has 15 heavy (non-hydrogen) atoms. The molecule has 0 fully saturated rings. The van der Waals surface area contributed by atoms with E-state index in [-0.39, 0.29) is 0 Å². The standard InChI is InChI=1S/C12H17Br2N/c1-8(2)6-9(3)15-12-5-4-10(13)7-11(12)14/h4-5,7-9,15H,6H2,1-3H3. The normalized spacial score (nSPS) is 12.9. The van der Waals surface area contributed by atoms with Crippen LogP contribution in [-0.4, -0.2) is 6.04 Å². The Balaban J connectivity index is 2.64. The molecule has 0 aliphatic heterocycles. The Morgan fingerprint density at radius 2 is 1.87 bits per heavy atom. The second-order valence-corrected chi connectivity index (χ2v) is 6.07. The van der Waals surface area contributed by atoms with Gasteiger partial charge in [-0.15, -0.1) is 0 Å². The fourth-order valence-corrected chi connectivity index (χ4v) is 2.80. The fraction of sp³-hybridized carbons (Fsp3) is 0.500. The van der Waals surface area contributed by atoms with Crippen molar-refractivity contribution in [2.24, 2.45) is 5.92 Å². The average Bonchev–Trinajstić information content (AvgIpc) is 2.08. The minimum atomic E-state index is 0.502.